The molecule has 2 aliphatic rings. The number of ether oxygens (including phenoxy) is 2. The molecule has 1 aromatic carbocycles. The molecular formula is C18H24N2O4. The third-order valence-electron chi connectivity index (χ3n) is 4.35. The number of unbranched alkanes of at least 4 members (excludes halogenated alkanes) is 2. The first-order valence-electron chi connectivity index (χ1n) is 8.60. The van der Waals surface area contributed by atoms with Gasteiger partial charge in [0.1, 0.15) is 0 Å². The molecule has 0 radical (unpaired) electrons. The molecule has 6 nitrogen and oxygen atoms in total. The fourth-order valence-electron chi connectivity index (χ4n) is 3.06. The summed E-state index contributed by atoms with van der Waals surface area (Å²) < 4.78 is 11.2. The van der Waals surface area contributed by atoms with E-state index in [1.807, 2.05) is 30.3 Å². The predicted molar refractivity (Wildman–Crippen MR) is 87.9 cm³/mol. The molecule has 130 valence electrons. The maximum Gasteiger partial charge on any atom is 0.255 e. The summed E-state index contributed by atoms with van der Waals surface area (Å²) in [5.41, 5.74) is 1.05. The average molecular weight is 332 g/mol. The molecule has 0 unspecified atom stereocenters. The van der Waals surface area contributed by atoms with Gasteiger partial charge in [-0.1, -0.05) is 50.1 Å². The Balaban J connectivity index is 1.58. The lowest BCUT2D eigenvalue weighted by Gasteiger charge is -2.30. The second kappa shape index (κ2) is 7.77. The van der Waals surface area contributed by atoms with Crippen LogP contribution >= 0.6 is 0 Å². The Morgan fingerprint density at radius 3 is 2.79 bits per heavy atom. The molecule has 2 aliphatic heterocycles. The van der Waals surface area contributed by atoms with Crippen LogP contribution in [0.15, 0.2) is 30.3 Å². The molecule has 1 N–H and O–H groups in total. The van der Waals surface area contributed by atoms with E-state index in [-0.39, 0.29) is 11.8 Å². The van der Waals surface area contributed by atoms with E-state index in [0.29, 0.717) is 19.6 Å². The molecule has 3 rings (SSSR count). The Labute approximate surface area is 142 Å². The minimum Gasteiger partial charge on any atom is -0.354 e. The number of hydrogen-bond acceptors (Lipinski definition) is 4. The topological polar surface area (TPSA) is 67.9 Å². The summed E-state index contributed by atoms with van der Waals surface area (Å²) in [6.07, 6.45) is 0.887. The first-order valence-corrected chi connectivity index (χ1v) is 8.60. The van der Waals surface area contributed by atoms with Crippen LogP contribution in [0.5, 0.6) is 0 Å². The van der Waals surface area contributed by atoms with Gasteiger partial charge in [0, 0.05) is 13.1 Å². The molecular weight excluding hydrogens is 308 g/mol. The van der Waals surface area contributed by atoms with Crippen molar-refractivity contribution in [3.05, 3.63) is 35.9 Å². The van der Waals surface area contributed by atoms with Crippen LogP contribution in [0.4, 0.5) is 0 Å². The van der Waals surface area contributed by atoms with E-state index in [1.54, 1.807) is 4.90 Å². The molecule has 0 aromatic heterocycles. The third-order valence-corrected chi connectivity index (χ3v) is 4.35. The van der Waals surface area contributed by atoms with E-state index in [2.05, 4.69) is 12.2 Å². The van der Waals surface area contributed by atoms with Crippen LogP contribution in [-0.4, -0.2) is 48.3 Å². The summed E-state index contributed by atoms with van der Waals surface area (Å²) in [7, 11) is 0. The second-order valence-corrected chi connectivity index (χ2v) is 6.25. The van der Waals surface area contributed by atoms with Crippen molar-refractivity contribution in [2.75, 3.05) is 13.1 Å². The minimum atomic E-state index is -0.843. The van der Waals surface area contributed by atoms with Crippen molar-refractivity contribution in [2.45, 2.75) is 51.2 Å². The molecule has 3 atom stereocenters. The standard InChI is InChI=1S/C18H24N2O4/c1-2-3-7-10-19-17(21)15-16-18(22)20(12-14(23-15)24-16)11-13-8-5-4-6-9-13/h4-6,8-9,14-16H,2-3,7,10-12H2,1H3,(H,19,21)/t14-,15-,16-/m1/s1. The molecule has 1 aromatic rings. The van der Waals surface area contributed by atoms with Crippen LogP contribution in [0, 0.1) is 0 Å². The van der Waals surface area contributed by atoms with Gasteiger partial charge in [0.25, 0.3) is 11.8 Å². The largest absolute Gasteiger partial charge is 0.354 e. The SMILES string of the molecule is CCCCCNC(=O)[C@@H]1O[C@H]2CN(Cc3ccccc3)C(=O)[C@@H]1O2. The number of fused-ring (bicyclic) bond motifs is 2. The Bertz CT molecular complexity index is 578. The van der Waals surface area contributed by atoms with Gasteiger partial charge >= 0.3 is 0 Å². The summed E-state index contributed by atoms with van der Waals surface area (Å²) in [5.74, 6) is -0.435. The zero-order chi connectivity index (χ0) is 16.9. The number of nitrogens with one attached hydrogen (secondary N) is 1. The van der Waals surface area contributed by atoms with Crippen LogP contribution in [0.3, 0.4) is 0 Å². The van der Waals surface area contributed by atoms with Crippen molar-refractivity contribution in [1.82, 2.24) is 10.2 Å². The zero-order valence-corrected chi connectivity index (χ0v) is 13.9. The van der Waals surface area contributed by atoms with Crippen LogP contribution < -0.4 is 5.32 Å². The summed E-state index contributed by atoms with van der Waals surface area (Å²) in [4.78, 5) is 26.6. The van der Waals surface area contributed by atoms with Crippen molar-refractivity contribution in [3.8, 4) is 0 Å². The Kier molecular flexibility index (Phi) is 5.48. The summed E-state index contributed by atoms with van der Waals surface area (Å²) in [6, 6.07) is 9.78. The van der Waals surface area contributed by atoms with Gasteiger partial charge < -0.3 is 19.7 Å². The van der Waals surface area contributed by atoms with Gasteiger partial charge in [-0.25, -0.2) is 0 Å². The predicted octanol–water partition coefficient (Wildman–Crippen LogP) is 1.45. The van der Waals surface area contributed by atoms with E-state index in [1.165, 1.54) is 0 Å². The molecule has 2 bridgehead atoms. The Morgan fingerprint density at radius 1 is 1.25 bits per heavy atom. The van der Waals surface area contributed by atoms with Crippen molar-refractivity contribution < 1.29 is 19.1 Å². The summed E-state index contributed by atoms with van der Waals surface area (Å²) in [5, 5.41) is 2.84. The zero-order valence-electron chi connectivity index (χ0n) is 13.9. The first-order chi connectivity index (χ1) is 11.7. The van der Waals surface area contributed by atoms with Crippen LogP contribution in [0.25, 0.3) is 0 Å². The third kappa shape index (κ3) is 3.76. The van der Waals surface area contributed by atoms with Crippen LogP contribution in [0.2, 0.25) is 0 Å². The number of amides is 2. The molecule has 0 aliphatic carbocycles. The quantitative estimate of drug-likeness (QED) is 0.767. The molecule has 2 amide bonds. The van der Waals surface area contributed by atoms with Gasteiger partial charge in [-0.3, -0.25) is 9.59 Å². The van der Waals surface area contributed by atoms with Crippen LogP contribution in [0.1, 0.15) is 31.7 Å². The van der Waals surface area contributed by atoms with Gasteiger partial charge in [0.2, 0.25) is 0 Å². The number of carbonyl (C=O) groups excluding carboxylic acids is 2. The second-order valence-electron chi connectivity index (χ2n) is 6.25. The molecule has 2 saturated heterocycles. The van der Waals surface area contributed by atoms with E-state index < -0.39 is 18.5 Å². The smallest absolute Gasteiger partial charge is 0.255 e. The minimum absolute atomic E-state index is 0.179. The lowest BCUT2D eigenvalue weighted by atomic mass is 10.1. The molecule has 24 heavy (non-hydrogen) atoms. The van der Waals surface area contributed by atoms with Gasteiger partial charge in [0.15, 0.2) is 18.5 Å². The highest BCUT2D eigenvalue weighted by atomic mass is 16.7. The Morgan fingerprint density at radius 2 is 2.04 bits per heavy atom. The van der Waals surface area contributed by atoms with E-state index in [4.69, 9.17) is 9.47 Å². The lowest BCUT2D eigenvalue weighted by molar-refractivity contribution is -0.162. The first kappa shape index (κ1) is 16.9. The normalized spacial score (nSPS) is 25.8. The maximum atomic E-state index is 12.6. The fraction of sp³-hybridized carbons (Fsp3) is 0.556. The molecule has 2 heterocycles. The van der Waals surface area contributed by atoms with E-state index >= 15 is 0 Å². The monoisotopic (exact) mass is 332 g/mol. The number of benzene rings is 1. The highest BCUT2D eigenvalue weighted by Crippen LogP contribution is 2.28. The summed E-state index contributed by atoms with van der Waals surface area (Å²) >= 11 is 0. The number of carbonyl (C=O) groups is 2. The highest BCUT2D eigenvalue weighted by molar-refractivity contribution is 5.92. The maximum absolute atomic E-state index is 12.6. The Hall–Kier alpha value is -1.92. The number of hydrogen-bond donors (Lipinski definition) is 1. The van der Waals surface area contributed by atoms with Crippen molar-refractivity contribution in [3.63, 3.8) is 0 Å². The van der Waals surface area contributed by atoms with Gasteiger partial charge in [-0.05, 0) is 12.0 Å². The van der Waals surface area contributed by atoms with Crippen LogP contribution in [-0.2, 0) is 25.6 Å². The summed E-state index contributed by atoms with van der Waals surface area (Å²) in [6.45, 7) is 3.57. The highest BCUT2D eigenvalue weighted by Gasteiger charge is 2.50. The number of morpholine rings is 1. The van der Waals surface area contributed by atoms with Gasteiger partial charge in [0.05, 0.1) is 6.54 Å². The van der Waals surface area contributed by atoms with Crippen molar-refractivity contribution in [1.29, 1.82) is 0 Å². The molecule has 2 fully saturated rings. The van der Waals surface area contributed by atoms with Gasteiger partial charge in [-0.15, -0.1) is 0 Å². The van der Waals surface area contributed by atoms with Crippen molar-refractivity contribution in [2.24, 2.45) is 0 Å². The average Bonchev–Trinajstić information content (AvgIpc) is 2.97. The number of nitrogens with zero attached hydrogens (tertiary/aromatic N) is 1. The lowest BCUT2D eigenvalue weighted by Crippen LogP contribution is -2.51. The van der Waals surface area contributed by atoms with E-state index in [0.717, 1.165) is 24.8 Å². The molecule has 0 saturated carbocycles. The number of rotatable bonds is 7. The van der Waals surface area contributed by atoms with Gasteiger partial charge in [-0.2, -0.15) is 0 Å². The van der Waals surface area contributed by atoms with E-state index in [9.17, 15) is 9.59 Å². The fourth-order valence-corrected chi connectivity index (χ4v) is 3.06. The van der Waals surface area contributed by atoms with Crippen molar-refractivity contribution >= 4 is 11.8 Å². The molecule has 6 heteroatoms. The molecule has 0 spiro atoms.